The quantitative estimate of drug-likeness (QED) is 0.636. The van der Waals surface area contributed by atoms with Crippen molar-refractivity contribution >= 4 is 23.1 Å². The summed E-state index contributed by atoms with van der Waals surface area (Å²) in [5.41, 5.74) is 1.16. The summed E-state index contributed by atoms with van der Waals surface area (Å²) in [5.74, 6) is 0.662. The summed E-state index contributed by atoms with van der Waals surface area (Å²) < 4.78 is 12.4. The monoisotopic (exact) mass is 380 g/mol. The Hall–Kier alpha value is -2.50. The highest BCUT2D eigenvalue weighted by molar-refractivity contribution is 5.83. The predicted molar refractivity (Wildman–Crippen MR) is 95.2 cm³/mol. The SMILES string of the molecule is CCOC(=O)N[C@@H]1C[C@@H](n2cnc3c(N(C)C)ncnc32)O[C@H](CO)[C@H]1O. The lowest BCUT2D eigenvalue weighted by molar-refractivity contribution is -0.169. The Balaban J connectivity index is 1.90. The fourth-order valence-electron chi connectivity index (χ4n) is 3.13. The first-order valence-electron chi connectivity index (χ1n) is 8.68. The third kappa shape index (κ3) is 3.80. The fourth-order valence-corrected chi connectivity index (χ4v) is 3.13. The minimum Gasteiger partial charge on any atom is -0.450 e. The lowest BCUT2D eigenvalue weighted by Gasteiger charge is -2.39. The summed E-state index contributed by atoms with van der Waals surface area (Å²) >= 11 is 0. The van der Waals surface area contributed by atoms with Gasteiger partial charge in [-0.15, -0.1) is 0 Å². The van der Waals surface area contributed by atoms with Crippen LogP contribution in [0.4, 0.5) is 10.6 Å². The van der Waals surface area contributed by atoms with E-state index >= 15 is 0 Å². The number of nitrogens with one attached hydrogen (secondary N) is 1. The molecule has 0 spiro atoms. The summed E-state index contributed by atoms with van der Waals surface area (Å²) in [7, 11) is 3.71. The molecule has 11 nitrogen and oxygen atoms in total. The standard InChI is InChI=1S/C16H24N6O5/c1-4-26-16(25)20-9-5-11(27-10(6-23)13(9)24)22-8-19-12-14(21(2)3)17-7-18-15(12)22/h7-11,13,23-24H,4-6H2,1-3H3,(H,20,25)/t9-,10-,11+,13+/m1/s1. The number of amides is 1. The van der Waals surface area contributed by atoms with Gasteiger partial charge in [-0.3, -0.25) is 4.57 Å². The summed E-state index contributed by atoms with van der Waals surface area (Å²) in [6.07, 6.45) is 0.0961. The van der Waals surface area contributed by atoms with E-state index in [-0.39, 0.29) is 13.0 Å². The van der Waals surface area contributed by atoms with E-state index in [1.807, 2.05) is 19.0 Å². The topological polar surface area (TPSA) is 135 Å². The third-order valence-electron chi connectivity index (χ3n) is 4.41. The molecule has 3 N–H and O–H groups in total. The minimum atomic E-state index is -1.07. The predicted octanol–water partition coefficient (Wildman–Crippen LogP) is -0.352. The van der Waals surface area contributed by atoms with Gasteiger partial charge in [-0.05, 0) is 6.92 Å². The van der Waals surface area contributed by atoms with Crippen molar-refractivity contribution in [1.29, 1.82) is 0 Å². The normalized spacial score (nSPS) is 25.4. The Morgan fingerprint density at radius 1 is 1.44 bits per heavy atom. The summed E-state index contributed by atoms with van der Waals surface area (Å²) in [6.45, 7) is 1.51. The van der Waals surface area contributed by atoms with Crippen molar-refractivity contribution in [3.63, 3.8) is 0 Å². The molecule has 0 unspecified atom stereocenters. The van der Waals surface area contributed by atoms with Crippen molar-refractivity contribution in [2.45, 2.75) is 37.8 Å². The van der Waals surface area contributed by atoms with Gasteiger partial charge in [0.25, 0.3) is 0 Å². The molecular formula is C16H24N6O5. The molecule has 0 aromatic carbocycles. The Morgan fingerprint density at radius 3 is 2.89 bits per heavy atom. The number of aliphatic hydroxyl groups excluding tert-OH is 2. The Bertz CT molecular complexity index is 797. The molecule has 27 heavy (non-hydrogen) atoms. The van der Waals surface area contributed by atoms with Crippen LogP contribution in [0, 0.1) is 0 Å². The Kier molecular flexibility index (Phi) is 5.73. The third-order valence-corrected chi connectivity index (χ3v) is 4.41. The van der Waals surface area contributed by atoms with E-state index in [0.717, 1.165) is 0 Å². The maximum atomic E-state index is 11.8. The van der Waals surface area contributed by atoms with Crippen LogP contribution in [0.5, 0.6) is 0 Å². The second kappa shape index (κ2) is 8.03. The van der Waals surface area contributed by atoms with Crippen LogP contribution in [-0.4, -0.2) is 81.4 Å². The van der Waals surface area contributed by atoms with E-state index in [4.69, 9.17) is 9.47 Å². The number of aromatic nitrogens is 4. The first-order chi connectivity index (χ1) is 13.0. The zero-order valence-electron chi connectivity index (χ0n) is 15.4. The number of ether oxygens (including phenoxy) is 2. The molecule has 1 saturated heterocycles. The number of carbonyl (C=O) groups is 1. The van der Waals surface area contributed by atoms with Crippen molar-refractivity contribution in [2.75, 3.05) is 32.2 Å². The molecule has 4 atom stereocenters. The molecule has 2 aromatic rings. The number of aliphatic hydroxyl groups is 2. The number of nitrogens with zero attached hydrogens (tertiary/aromatic N) is 5. The second-order valence-electron chi connectivity index (χ2n) is 6.43. The average molecular weight is 380 g/mol. The first kappa shape index (κ1) is 19.3. The summed E-state index contributed by atoms with van der Waals surface area (Å²) in [6, 6.07) is -0.660. The van der Waals surface area contributed by atoms with Gasteiger partial charge in [0.2, 0.25) is 0 Å². The Labute approximate surface area is 155 Å². The van der Waals surface area contributed by atoms with Gasteiger partial charge in [0.05, 0.1) is 25.6 Å². The van der Waals surface area contributed by atoms with Crippen LogP contribution in [0.2, 0.25) is 0 Å². The van der Waals surface area contributed by atoms with E-state index in [1.165, 1.54) is 6.33 Å². The van der Waals surface area contributed by atoms with Crippen molar-refractivity contribution in [3.05, 3.63) is 12.7 Å². The highest BCUT2D eigenvalue weighted by Crippen LogP contribution is 2.31. The first-order valence-corrected chi connectivity index (χ1v) is 8.68. The molecule has 0 aliphatic carbocycles. The second-order valence-corrected chi connectivity index (χ2v) is 6.43. The van der Waals surface area contributed by atoms with Crippen molar-refractivity contribution < 1.29 is 24.5 Å². The van der Waals surface area contributed by atoms with Crippen LogP contribution in [0.3, 0.4) is 0 Å². The van der Waals surface area contributed by atoms with Crippen LogP contribution in [-0.2, 0) is 9.47 Å². The van der Waals surface area contributed by atoms with Gasteiger partial charge in [-0.1, -0.05) is 0 Å². The van der Waals surface area contributed by atoms with E-state index in [1.54, 1.807) is 17.8 Å². The molecule has 0 bridgehead atoms. The Morgan fingerprint density at radius 2 is 2.22 bits per heavy atom. The van der Waals surface area contributed by atoms with Gasteiger partial charge >= 0.3 is 6.09 Å². The molecule has 2 aromatic heterocycles. The zero-order valence-corrected chi connectivity index (χ0v) is 15.4. The maximum absolute atomic E-state index is 11.8. The number of alkyl carbamates (subject to hydrolysis) is 1. The summed E-state index contributed by atoms with van der Waals surface area (Å²) in [4.78, 5) is 26.5. The van der Waals surface area contributed by atoms with Crippen molar-refractivity contribution in [2.24, 2.45) is 0 Å². The zero-order chi connectivity index (χ0) is 19.6. The molecule has 0 saturated carbocycles. The fraction of sp³-hybridized carbons (Fsp3) is 0.625. The van der Waals surface area contributed by atoms with E-state index < -0.39 is 37.2 Å². The van der Waals surface area contributed by atoms with Crippen LogP contribution >= 0.6 is 0 Å². The highest BCUT2D eigenvalue weighted by Gasteiger charge is 2.39. The molecule has 148 valence electrons. The van der Waals surface area contributed by atoms with E-state index in [0.29, 0.717) is 17.0 Å². The molecule has 0 radical (unpaired) electrons. The number of hydrogen-bond acceptors (Lipinski definition) is 9. The van der Waals surface area contributed by atoms with Gasteiger partial charge in [0.15, 0.2) is 17.0 Å². The molecule has 1 aliphatic rings. The van der Waals surface area contributed by atoms with Gasteiger partial charge in [0.1, 0.15) is 24.8 Å². The lowest BCUT2D eigenvalue weighted by atomic mass is 9.98. The lowest BCUT2D eigenvalue weighted by Crippen LogP contribution is -2.55. The largest absolute Gasteiger partial charge is 0.450 e. The number of carbonyl (C=O) groups excluding carboxylic acids is 1. The average Bonchev–Trinajstić information content (AvgIpc) is 3.07. The van der Waals surface area contributed by atoms with Crippen LogP contribution in [0.15, 0.2) is 12.7 Å². The van der Waals surface area contributed by atoms with E-state index in [2.05, 4.69) is 20.3 Å². The number of rotatable bonds is 5. The molecule has 1 amide bonds. The molecule has 11 heteroatoms. The summed E-state index contributed by atoms with van der Waals surface area (Å²) in [5, 5.41) is 22.6. The molecule has 1 aliphatic heterocycles. The van der Waals surface area contributed by atoms with Crippen LogP contribution in [0.25, 0.3) is 11.2 Å². The van der Waals surface area contributed by atoms with Crippen LogP contribution < -0.4 is 10.2 Å². The molecular weight excluding hydrogens is 356 g/mol. The van der Waals surface area contributed by atoms with E-state index in [9.17, 15) is 15.0 Å². The van der Waals surface area contributed by atoms with Gasteiger partial charge in [-0.2, -0.15) is 0 Å². The van der Waals surface area contributed by atoms with Crippen LogP contribution in [0.1, 0.15) is 19.6 Å². The number of fused-ring (bicyclic) bond motifs is 1. The molecule has 3 rings (SSSR count). The van der Waals surface area contributed by atoms with Gasteiger partial charge < -0.3 is 29.9 Å². The highest BCUT2D eigenvalue weighted by atomic mass is 16.6. The molecule has 3 heterocycles. The van der Waals surface area contributed by atoms with Crippen molar-refractivity contribution in [3.8, 4) is 0 Å². The van der Waals surface area contributed by atoms with Gasteiger partial charge in [-0.25, -0.2) is 19.7 Å². The van der Waals surface area contributed by atoms with Crippen molar-refractivity contribution in [1.82, 2.24) is 24.8 Å². The number of imidazole rings is 1. The number of hydrogen-bond donors (Lipinski definition) is 3. The van der Waals surface area contributed by atoms with Gasteiger partial charge in [0, 0.05) is 20.5 Å². The molecule has 1 fully saturated rings. The maximum Gasteiger partial charge on any atom is 0.407 e. The number of anilines is 1. The smallest absolute Gasteiger partial charge is 0.407 e. The minimum absolute atomic E-state index is 0.217.